The molecule has 9 heteroatoms. The van der Waals surface area contributed by atoms with Crippen molar-refractivity contribution in [3.8, 4) is 0 Å². The Morgan fingerprint density at radius 3 is 2.15 bits per heavy atom. The van der Waals surface area contributed by atoms with Gasteiger partial charge in [-0.25, -0.2) is 13.1 Å². The van der Waals surface area contributed by atoms with Crippen LogP contribution >= 0.6 is 0 Å². The van der Waals surface area contributed by atoms with Gasteiger partial charge in [0.05, 0.1) is 23.8 Å². The van der Waals surface area contributed by atoms with E-state index in [9.17, 15) is 18.0 Å². The van der Waals surface area contributed by atoms with Crippen LogP contribution in [-0.2, 0) is 24.3 Å². The minimum Gasteiger partial charge on any atom is -0.379 e. The highest BCUT2D eigenvalue weighted by molar-refractivity contribution is 7.89. The second kappa shape index (κ2) is 7.67. The van der Waals surface area contributed by atoms with Crippen molar-refractivity contribution in [2.75, 3.05) is 37.7 Å². The number of imide groups is 1. The van der Waals surface area contributed by atoms with E-state index < -0.39 is 10.0 Å². The number of benzene rings is 1. The highest BCUT2D eigenvalue weighted by Gasteiger charge is 2.32. The molecule has 2 saturated heterocycles. The molecular weight excluding hydrogens is 370 g/mol. The molecule has 2 heterocycles. The molecule has 1 aromatic rings. The van der Waals surface area contributed by atoms with Crippen molar-refractivity contribution in [1.29, 1.82) is 0 Å². The molecule has 2 aliphatic rings. The Hall–Kier alpha value is -1.81. The van der Waals surface area contributed by atoms with E-state index in [-0.39, 0.29) is 41.6 Å². The Balaban J connectivity index is 1.68. The van der Waals surface area contributed by atoms with Crippen LogP contribution < -0.4 is 9.62 Å². The van der Waals surface area contributed by atoms with Gasteiger partial charge in [0, 0.05) is 38.0 Å². The molecule has 0 saturated carbocycles. The first-order valence-corrected chi connectivity index (χ1v) is 10.5. The number of sulfonamides is 1. The molecule has 2 fully saturated rings. The summed E-state index contributed by atoms with van der Waals surface area (Å²) in [5.41, 5.74) is 0.0562. The number of rotatable bonds is 6. The predicted octanol–water partition coefficient (Wildman–Crippen LogP) is 0.729. The predicted molar refractivity (Wildman–Crippen MR) is 99.8 cm³/mol. The first kappa shape index (κ1) is 19.9. The summed E-state index contributed by atoms with van der Waals surface area (Å²) in [4.78, 5) is 27.0. The Kier molecular flexibility index (Phi) is 5.66. The van der Waals surface area contributed by atoms with Crippen LogP contribution in [0.3, 0.4) is 0 Å². The zero-order chi connectivity index (χ0) is 19.7. The van der Waals surface area contributed by atoms with Crippen molar-refractivity contribution in [3.05, 3.63) is 24.3 Å². The summed E-state index contributed by atoms with van der Waals surface area (Å²) < 4.78 is 33.2. The Morgan fingerprint density at radius 1 is 1.04 bits per heavy atom. The maximum Gasteiger partial charge on any atom is 0.240 e. The maximum absolute atomic E-state index is 12.6. The molecule has 148 valence electrons. The van der Waals surface area contributed by atoms with Crippen LogP contribution in [0, 0.1) is 0 Å². The second-order valence-electron chi connectivity index (χ2n) is 7.35. The van der Waals surface area contributed by atoms with Crippen LogP contribution in [0.15, 0.2) is 29.2 Å². The van der Waals surface area contributed by atoms with E-state index in [1.165, 1.54) is 24.3 Å². The Bertz CT molecular complexity index is 798. The SMILES string of the molecule is CC(C)(CNS(=O)(=O)c1ccc(N2C(=O)CCC2=O)cc1)N1CCOCC1. The summed E-state index contributed by atoms with van der Waals surface area (Å²) in [6.07, 6.45) is 0.383. The van der Waals surface area contributed by atoms with Gasteiger partial charge in [-0.2, -0.15) is 0 Å². The number of morpholine rings is 1. The molecule has 2 aliphatic heterocycles. The molecule has 0 radical (unpaired) electrons. The lowest BCUT2D eigenvalue weighted by Gasteiger charge is -2.40. The van der Waals surface area contributed by atoms with Crippen molar-refractivity contribution in [1.82, 2.24) is 9.62 Å². The molecule has 0 aromatic heterocycles. The van der Waals surface area contributed by atoms with E-state index in [0.717, 1.165) is 18.0 Å². The molecule has 3 rings (SSSR count). The third-order valence-electron chi connectivity index (χ3n) is 5.02. The summed E-state index contributed by atoms with van der Waals surface area (Å²) in [7, 11) is -3.70. The van der Waals surface area contributed by atoms with Gasteiger partial charge in [-0.15, -0.1) is 0 Å². The van der Waals surface area contributed by atoms with Gasteiger partial charge in [0.25, 0.3) is 0 Å². The summed E-state index contributed by atoms with van der Waals surface area (Å²) in [5.74, 6) is -0.526. The molecule has 27 heavy (non-hydrogen) atoms. The minimum atomic E-state index is -3.70. The van der Waals surface area contributed by atoms with Crippen molar-refractivity contribution in [2.45, 2.75) is 37.1 Å². The lowest BCUT2D eigenvalue weighted by Crippen LogP contribution is -2.55. The number of carbonyl (C=O) groups is 2. The molecule has 2 amide bonds. The second-order valence-corrected chi connectivity index (χ2v) is 9.12. The molecule has 0 atom stereocenters. The first-order chi connectivity index (χ1) is 12.7. The standard InChI is InChI=1S/C18H25N3O5S/c1-18(2,20-9-11-26-12-10-20)13-19-27(24,25)15-5-3-14(4-6-15)21-16(22)7-8-17(21)23/h3-6,19H,7-13H2,1-2H3. The van der Waals surface area contributed by atoms with Crippen LogP contribution in [0.25, 0.3) is 0 Å². The number of ether oxygens (including phenoxy) is 1. The summed E-state index contributed by atoms with van der Waals surface area (Å²) in [6.45, 7) is 7.07. The highest BCUT2D eigenvalue weighted by atomic mass is 32.2. The fourth-order valence-corrected chi connectivity index (χ4v) is 4.48. The van der Waals surface area contributed by atoms with Gasteiger partial charge < -0.3 is 4.74 Å². The number of nitrogens with one attached hydrogen (secondary N) is 1. The summed E-state index contributed by atoms with van der Waals surface area (Å²) in [5, 5.41) is 0. The zero-order valence-electron chi connectivity index (χ0n) is 15.6. The fraction of sp³-hybridized carbons (Fsp3) is 0.556. The van der Waals surface area contributed by atoms with Crippen LogP contribution in [0.2, 0.25) is 0 Å². The van der Waals surface area contributed by atoms with E-state index in [1.54, 1.807) is 0 Å². The van der Waals surface area contributed by atoms with Gasteiger partial charge in [0.2, 0.25) is 21.8 Å². The average Bonchev–Trinajstić information content (AvgIpc) is 2.99. The van der Waals surface area contributed by atoms with Crippen LogP contribution in [-0.4, -0.2) is 63.5 Å². The largest absolute Gasteiger partial charge is 0.379 e. The number of nitrogens with zero attached hydrogens (tertiary/aromatic N) is 2. The maximum atomic E-state index is 12.6. The molecule has 1 N–H and O–H groups in total. The minimum absolute atomic E-state index is 0.100. The van der Waals surface area contributed by atoms with Gasteiger partial charge in [-0.1, -0.05) is 0 Å². The number of anilines is 1. The van der Waals surface area contributed by atoms with E-state index in [4.69, 9.17) is 4.74 Å². The Morgan fingerprint density at radius 2 is 1.59 bits per heavy atom. The zero-order valence-corrected chi connectivity index (χ0v) is 16.4. The monoisotopic (exact) mass is 395 g/mol. The van der Waals surface area contributed by atoms with Gasteiger partial charge >= 0.3 is 0 Å². The van der Waals surface area contributed by atoms with E-state index >= 15 is 0 Å². The smallest absolute Gasteiger partial charge is 0.240 e. The molecule has 0 bridgehead atoms. The first-order valence-electron chi connectivity index (χ1n) is 8.99. The van der Waals surface area contributed by atoms with Crippen LogP contribution in [0.5, 0.6) is 0 Å². The van der Waals surface area contributed by atoms with Crippen LogP contribution in [0.1, 0.15) is 26.7 Å². The molecule has 0 spiro atoms. The summed E-state index contributed by atoms with van der Waals surface area (Å²) in [6, 6.07) is 5.81. The average molecular weight is 395 g/mol. The molecule has 8 nitrogen and oxygen atoms in total. The molecular formula is C18H25N3O5S. The number of hydrogen-bond donors (Lipinski definition) is 1. The van der Waals surface area contributed by atoms with E-state index in [2.05, 4.69) is 9.62 Å². The van der Waals surface area contributed by atoms with Crippen molar-refractivity contribution in [3.63, 3.8) is 0 Å². The van der Waals surface area contributed by atoms with E-state index in [1.807, 2.05) is 13.8 Å². The lowest BCUT2D eigenvalue weighted by molar-refractivity contribution is -0.121. The van der Waals surface area contributed by atoms with Gasteiger partial charge in [0.1, 0.15) is 0 Å². The van der Waals surface area contributed by atoms with Gasteiger partial charge in [0.15, 0.2) is 0 Å². The normalized spacial score (nSPS) is 19.7. The molecule has 0 unspecified atom stereocenters. The molecule has 0 aliphatic carbocycles. The van der Waals surface area contributed by atoms with Crippen molar-refractivity contribution < 1.29 is 22.7 Å². The molecule has 1 aromatic carbocycles. The van der Waals surface area contributed by atoms with Crippen LogP contribution in [0.4, 0.5) is 5.69 Å². The van der Waals surface area contributed by atoms with Crippen molar-refractivity contribution in [2.24, 2.45) is 0 Å². The third kappa shape index (κ3) is 4.37. The van der Waals surface area contributed by atoms with E-state index in [0.29, 0.717) is 18.9 Å². The van der Waals surface area contributed by atoms with Gasteiger partial charge in [-0.05, 0) is 38.1 Å². The highest BCUT2D eigenvalue weighted by Crippen LogP contribution is 2.24. The summed E-state index contributed by atoms with van der Waals surface area (Å²) >= 11 is 0. The fourth-order valence-electron chi connectivity index (χ4n) is 3.27. The van der Waals surface area contributed by atoms with Crippen molar-refractivity contribution >= 4 is 27.5 Å². The number of amides is 2. The Labute approximate surface area is 159 Å². The third-order valence-corrected chi connectivity index (χ3v) is 6.44. The lowest BCUT2D eigenvalue weighted by atomic mass is 10.0. The number of carbonyl (C=O) groups excluding carboxylic acids is 2. The van der Waals surface area contributed by atoms with Gasteiger partial charge in [-0.3, -0.25) is 19.4 Å². The topological polar surface area (TPSA) is 96.0 Å². The number of hydrogen-bond acceptors (Lipinski definition) is 6. The quantitative estimate of drug-likeness (QED) is 0.714.